The van der Waals surface area contributed by atoms with Gasteiger partial charge in [0.2, 0.25) is 0 Å². The van der Waals surface area contributed by atoms with Crippen molar-refractivity contribution < 1.29 is 28.6 Å². The number of esters is 3. The summed E-state index contributed by atoms with van der Waals surface area (Å²) >= 11 is 0. The third kappa shape index (κ3) is 57.6. The molecule has 0 fully saturated rings. The zero-order chi connectivity index (χ0) is 51.4. The summed E-state index contributed by atoms with van der Waals surface area (Å²) in [5.41, 5.74) is 0. The highest BCUT2D eigenvalue weighted by Crippen LogP contribution is 2.16. The molecule has 6 nitrogen and oxygen atoms in total. The zero-order valence-electron chi connectivity index (χ0n) is 47.0. The molecule has 0 radical (unpaired) electrons. The van der Waals surface area contributed by atoms with Gasteiger partial charge >= 0.3 is 17.9 Å². The van der Waals surface area contributed by atoms with Crippen LogP contribution in [0.3, 0.4) is 0 Å². The number of ether oxygens (including phenoxy) is 3. The van der Waals surface area contributed by atoms with Crippen LogP contribution in [0.5, 0.6) is 0 Å². The van der Waals surface area contributed by atoms with Gasteiger partial charge in [-0.1, -0.05) is 248 Å². The van der Waals surface area contributed by atoms with Gasteiger partial charge in [-0.25, -0.2) is 0 Å². The third-order valence-electron chi connectivity index (χ3n) is 13.2. The van der Waals surface area contributed by atoms with E-state index in [2.05, 4.69) is 93.7 Å². The van der Waals surface area contributed by atoms with Crippen LogP contribution in [0, 0.1) is 0 Å². The lowest BCUT2D eigenvalue weighted by atomic mass is 10.0. The van der Waals surface area contributed by atoms with Gasteiger partial charge in [-0.05, 0) is 109 Å². The Morgan fingerprint density at radius 1 is 0.296 bits per heavy atom. The molecule has 0 amide bonds. The van der Waals surface area contributed by atoms with Gasteiger partial charge in [0.25, 0.3) is 0 Å². The molecule has 0 aliphatic carbocycles. The molecule has 0 bridgehead atoms. The smallest absolute Gasteiger partial charge is 0.306 e. The first-order valence-electron chi connectivity index (χ1n) is 30.4. The molecule has 1 unspecified atom stereocenters. The van der Waals surface area contributed by atoms with Crippen molar-refractivity contribution in [1.29, 1.82) is 0 Å². The third-order valence-corrected chi connectivity index (χ3v) is 13.2. The standard InChI is InChI=1S/C65H114O6/c1-4-7-10-13-16-19-22-25-27-28-29-30-31-32-33-34-35-36-37-38-39-41-43-46-49-52-55-58-64(67)70-61-62(60-69-63(66)57-54-51-48-45-42-24-21-18-15-12-9-6-3)71-65(68)59-56-53-50-47-44-40-26-23-20-17-14-11-8-5-2/h7,10,16,18-19,21,23,25-27,29-30,62H,4-6,8-9,11-15,17,20,22,24,28,31-61H2,1-3H3/b10-7-,19-16-,21-18-,26-23-,27-25-,30-29-. The summed E-state index contributed by atoms with van der Waals surface area (Å²) in [6.45, 7) is 6.50. The molecule has 0 rings (SSSR count). The van der Waals surface area contributed by atoms with E-state index < -0.39 is 6.10 Å². The summed E-state index contributed by atoms with van der Waals surface area (Å²) in [7, 11) is 0. The van der Waals surface area contributed by atoms with Crippen LogP contribution in [-0.2, 0) is 28.6 Å². The molecule has 1 atom stereocenters. The molecule has 0 saturated heterocycles. The molecular weight excluding hydrogens is 877 g/mol. The Hall–Kier alpha value is -3.15. The van der Waals surface area contributed by atoms with Crippen molar-refractivity contribution in [3.8, 4) is 0 Å². The van der Waals surface area contributed by atoms with Gasteiger partial charge in [0.05, 0.1) is 0 Å². The van der Waals surface area contributed by atoms with E-state index in [0.717, 1.165) is 103 Å². The first-order chi connectivity index (χ1) is 35.0. The lowest BCUT2D eigenvalue weighted by molar-refractivity contribution is -0.167. The molecule has 0 aromatic carbocycles. The van der Waals surface area contributed by atoms with Crippen molar-refractivity contribution in [2.75, 3.05) is 13.2 Å². The molecule has 0 spiro atoms. The Labute approximate surface area is 440 Å². The molecule has 71 heavy (non-hydrogen) atoms. The SMILES string of the molecule is CC/C=C\C/C=C\C/C=C\C/C=C\CCCCCCCCCCCCCCCCC(=O)OCC(COC(=O)CCCCCCC/C=C\CCCCC)OC(=O)CCCCCCC/C=C\CCCCCCC. The Balaban J connectivity index is 4.22. The molecule has 0 aliphatic rings. The van der Waals surface area contributed by atoms with Gasteiger partial charge in [0.1, 0.15) is 13.2 Å². The first kappa shape index (κ1) is 67.8. The number of rotatable bonds is 55. The first-order valence-corrected chi connectivity index (χ1v) is 30.4. The average molecular weight is 992 g/mol. The van der Waals surface area contributed by atoms with E-state index in [9.17, 15) is 14.4 Å². The Bertz CT molecular complexity index is 1320. The molecule has 0 aliphatic heterocycles. The Kier molecular flexibility index (Phi) is 56.8. The van der Waals surface area contributed by atoms with Crippen LogP contribution in [-0.4, -0.2) is 37.2 Å². The molecule has 0 aromatic rings. The predicted octanol–water partition coefficient (Wildman–Crippen LogP) is 20.5. The number of hydrogen-bond donors (Lipinski definition) is 0. The zero-order valence-corrected chi connectivity index (χ0v) is 47.0. The van der Waals surface area contributed by atoms with Crippen LogP contribution in [0.4, 0.5) is 0 Å². The van der Waals surface area contributed by atoms with E-state index in [-0.39, 0.29) is 31.1 Å². The summed E-state index contributed by atoms with van der Waals surface area (Å²) in [5, 5.41) is 0. The van der Waals surface area contributed by atoms with Gasteiger partial charge in [-0.2, -0.15) is 0 Å². The molecule has 0 aromatic heterocycles. The second-order valence-corrected chi connectivity index (χ2v) is 20.2. The fourth-order valence-electron chi connectivity index (χ4n) is 8.60. The molecule has 410 valence electrons. The minimum absolute atomic E-state index is 0.0795. The van der Waals surface area contributed by atoms with Gasteiger partial charge in [0.15, 0.2) is 6.10 Å². The van der Waals surface area contributed by atoms with Crippen molar-refractivity contribution in [1.82, 2.24) is 0 Å². The lowest BCUT2D eigenvalue weighted by Crippen LogP contribution is -2.30. The number of allylic oxidation sites excluding steroid dienone is 12. The summed E-state index contributed by atoms with van der Waals surface area (Å²) < 4.78 is 16.9. The van der Waals surface area contributed by atoms with Crippen molar-refractivity contribution in [3.63, 3.8) is 0 Å². The molecule has 0 N–H and O–H groups in total. The van der Waals surface area contributed by atoms with Gasteiger partial charge in [0, 0.05) is 19.3 Å². The van der Waals surface area contributed by atoms with Crippen LogP contribution in [0.25, 0.3) is 0 Å². The number of unbranched alkanes of at least 4 members (excludes halogenated alkanes) is 32. The summed E-state index contributed by atoms with van der Waals surface area (Å²) in [6.07, 6.45) is 76.2. The maximum absolute atomic E-state index is 12.8. The van der Waals surface area contributed by atoms with Crippen LogP contribution < -0.4 is 0 Å². The van der Waals surface area contributed by atoms with E-state index in [1.165, 1.54) is 161 Å². The summed E-state index contributed by atoms with van der Waals surface area (Å²) in [6, 6.07) is 0. The van der Waals surface area contributed by atoms with Crippen LogP contribution in [0.1, 0.15) is 303 Å². The average Bonchev–Trinajstić information content (AvgIpc) is 3.37. The Morgan fingerprint density at radius 3 is 0.901 bits per heavy atom. The lowest BCUT2D eigenvalue weighted by Gasteiger charge is -2.18. The van der Waals surface area contributed by atoms with E-state index in [0.29, 0.717) is 19.3 Å². The number of hydrogen-bond acceptors (Lipinski definition) is 6. The van der Waals surface area contributed by atoms with E-state index in [4.69, 9.17) is 14.2 Å². The number of carbonyl (C=O) groups is 3. The molecule has 6 heteroatoms. The topological polar surface area (TPSA) is 78.9 Å². The predicted molar refractivity (Wildman–Crippen MR) is 307 cm³/mol. The second-order valence-electron chi connectivity index (χ2n) is 20.2. The van der Waals surface area contributed by atoms with Crippen molar-refractivity contribution in [2.45, 2.75) is 309 Å². The summed E-state index contributed by atoms with van der Waals surface area (Å²) in [4.78, 5) is 38.1. The van der Waals surface area contributed by atoms with E-state index in [1.807, 2.05) is 0 Å². The minimum atomic E-state index is -0.782. The maximum Gasteiger partial charge on any atom is 0.306 e. The largest absolute Gasteiger partial charge is 0.462 e. The highest BCUT2D eigenvalue weighted by atomic mass is 16.6. The van der Waals surface area contributed by atoms with Gasteiger partial charge in [-0.15, -0.1) is 0 Å². The highest BCUT2D eigenvalue weighted by molar-refractivity contribution is 5.71. The van der Waals surface area contributed by atoms with Crippen molar-refractivity contribution >= 4 is 17.9 Å². The second kappa shape index (κ2) is 59.4. The quantitative estimate of drug-likeness (QED) is 0.0261. The fourth-order valence-corrected chi connectivity index (χ4v) is 8.60. The van der Waals surface area contributed by atoms with Crippen LogP contribution in [0.2, 0.25) is 0 Å². The van der Waals surface area contributed by atoms with Gasteiger partial charge < -0.3 is 14.2 Å². The Morgan fingerprint density at radius 2 is 0.549 bits per heavy atom. The number of carbonyl (C=O) groups excluding carboxylic acids is 3. The van der Waals surface area contributed by atoms with Gasteiger partial charge in [-0.3, -0.25) is 14.4 Å². The van der Waals surface area contributed by atoms with Crippen molar-refractivity contribution in [2.24, 2.45) is 0 Å². The minimum Gasteiger partial charge on any atom is -0.462 e. The van der Waals surface area contributed by atoms with Crippen molar-refractivity contribution in [3.05, 3.63) is 72.9 Å². The van der Waals surface area contributed by atoms with Crippen LogP contribution in [0.15, 0.2) is 72.9 Å². The maximum atomic E-state index is 12.8. The monoisotopic (exact) mass is 991 g/mol. The normalized spacial score (nSPS) is 12.5. The molecular formula is C65H114O6. The fraction of sp³-hybridized carbons (Fsp3) is 0.769. The summed E-state index contributed by atoms with van der Waals surface area (Å²) in [5.74, 6) is -0.888. The van der Waals surface area contributed by atoms with Crippen LogP contribution >= 0.6 is 0 Å². The van der Waals surface area contributed by atoms with E-state index in [1.54, 1.807) is 0 Å². The van der Waals surface area contributed by atoms with E-state index >= 15 is 0 Å². The molecule has 0 saturated carbocycles. The highest BCUT2D eigenvalue weighted by Gasteiger charge is 2.19. The molecule has 0 heterocycles.